The molecule has 0 saturated heterocycles. The van der Waals surface area contributed by atoms with Gasteiger partial charge in [0.25, 0.3) is 0 Å². The molecule has 13 rings (SSSR count). The minimum absolute atomic E-state index is 0.482. The molecule has 0 fully saturated rings. The van der Waals surface area contributed by atoms with E-state index in [2.05, 4.69) is 184 Å². The van der Waals surface area contributed by atoms with Crippen LogP contribution in [0, 0.1) is 22.7 Å². The second-order valence-electron chi connectivity index (χ2n) is 15.5. The van der Waals surface area contributed by atoms with Crippen molar-refractivity contribution in [2.24, 2.45) is 0 Å². The molecular weight excluding hydrogens is 751 g/mol. The van der Waals surface area contributed by atoms with Gasteiger partial charge in [-0.25, -0.2) is 0 Å². The van der Waals surface area contributed by atoms with Crippen LogP contribution in [0.4, 0.5) is 0 Å². The van der Waals surface area contributed by atoms with Crippen LogP contribution in [-0.2, 0) is 0 Å². The molecule has 0 spiro atoms. The standard InChI is InChI=1S/C54H29N5S/c55-30-33-28-49(34(31-56)27-48(33)58-44-19-9-5-15-39(44)53-47(58)25-26-51-54(53)40-16-6-10-20-50(40)60-51)59-45-24-22-35(29-41(45)52-36-12-2-1-11-32(36)21-23-46(52)59)57-42-17-7-3-13-37(42)38-14-4-8-18-43(38)57/h1-29H. The lowest BCUT2D eigenvalue weighted by molar-refractivity contribution is 1.12. The summed E-state index contributed by atoms with van der Waals surface area (Å²) in [6, 6.07) is 66.9. The zero-order valence-corrected chi connectivity index (χ0v) is 32.7. The van der Waals surface area contributed by atoms with E-state index in [0.717, 1.165) is 71.1 Å². The second kappa shape index (κ2) is 12.2. The number of nitrogens with zero attached hydrogens (tertiary/aromatic N) is 5. The lowest BCUT2D eigenvalue weighted by atomic mass is 10.0. The lowest BCUT2D eigenvalue weighted by Gasteiger charge is -2.16. The topological polar surface area (TPSA) is 62.4 Å². The summed E-state index contributed by atoms with van der Waals surface area (Å²) < 4.78 is 9.17. The van der Waals surface area contributed by atoms with Gasteiger partial charge in [-0.1, -0.05) is 103 Å². The fourth-order valence-corrected chi connectivity index (χ4v) is 11.2. The first-order chi connectivity index (χ1) is 29.7. The number of hydrogen-bond acceptors (Lipinski definition) is 3. The maximum absolute atomic E-state index is 11.1. The van der Waals surface area contributed by atoms with Gasteiger partial charge in [0.15, 0.2) is 0 Å². The summed E-state index contributed by atoms with van der Waals surface area (Å²) in [5.74, 6) is 0. The smallest absolute Gasteiger partial charge is 0.101 e. The van der Waals surface area contributed by atoms with Crippen LogP contribution >= 0.6 is 11.3 Å². The zero-order valence-electron chi connectivity index (χ0n) is 31.9. The lowest BCUT2D eigenvalue weighted by Crippen LogP contribution is -2.04. The van der Waals surface area contributed by atoms with Crippen LogP contribution in [0.25, 0.3) is 113 Å². The third kappa shape index (κ3) is 4.32. The Morgan fingerprint density at radius 3 is 1.55 bits per heavy atom. The van der Waals surface area contributed by atoms with Crippen molar-refractivity contribution in [1.82, 2.24) is 13.7 Å². The highest BCUT2D eigenvalue weighted by molar-refractivity contribution is 7.26. The van der Waals surface area contributed by atoms with E-state index in [0.29, 0.717) is 22.5 Å². The molecule has 0 N–H and O–H groups in total. The number of benzene rings is 9. The van der Waals surface area contributed by atoms with Gasteiger partial charge in [0.1, 0.15) is 12.1 Å². The average molecular weight is 780 g/mol. The molecular formula is C54H29N5S. The third-order valence-corrected chi connectivity index (χ3v) is 13.6. The molecule has 9 aromatic carbocycles. The van der Waals surface area contributed by atoms with Crippen LogP contribution in [-0.4, -0.2) is 13.7 Å². The summed E-state index contributed by atoms with van der Waals surface area (Å²) >= 11 is 1.80. The maximum Gasteiger partial charge on any atom is 0.101 e. The molecule has 276 valence electrons. The van der Waals surface area contributed by atoms with Gasteiger partial charge in [0.05, 0.1) is 55.6 Å². The molecule has 4 aromatic heterocycles. The number of aromatic nitrogens is 3. The number of rotatable bonds is 3. The van der Waals surface area contributed by atoms with Crippen molar-refractivity contribution < 1.29 is 0 Å². The Morgan fingerprint density at radius 2 is 0.867 bits per heavy atom. The fourth-order valence-electron chi connectivity index (χ4n) is 10.0. The first-order valence-electron chi connectivity index (χ1n) is 20.0. The van der Waals surface area contributed by atoms with Crippen molar-refractivity contribution in [3.8, 4) is 29.2 Å². The minimum Gasteiger partial charge on any atom is -0.309 e. The van der Waals surface area contributed by atoms with Crippen molar-refractivity contribution in [3.05, 3.63) is 187 Å². The van der Waals surface area contributed by atoms with E-state index in [1.165, 1.54) is 30.9 Å². The number of nitriles is 2. The van der Waals surface area contributed by atoms with Gasteiger partial charge in [-0.2, -0.15) is 10.5 Å². The maximum atomic E-state index is 11.1. The van der Waals surface area contributed by atoms with E-state index in [1.54, 1.807) is 11.3 Å². The predicted octanol–water partition coefficient (Wildman–Crippen LogP) is 14.2. The number of para-hydroxylation sites is 3. The molecule has 60 heavy (non-hydrogen) atoms. The van der Waals surface area contributed by atoms with Gasteiger partial charge in [-0.3, -0.25) is 0 Å². The molecule has 0 saturated carbocycles. The predicted molar refractivity (Wildman–Crippen MR) is 249 cm³/mol. The fraction of sp³-hybridized carbons (Fsp3) is 0. The van der Waals surface area contributed by atoms with Crippen molar-refractivity contribution in [3.63, 3.8) is 0 Å². The Hall–Kier alpha value is -8.16. The Labute approximate surface area is 346 Å². The van der Waals surface area contributed by atoms with Crippen molar-refractivity contribution in [2.75, 3.05) is 0 Å². The summed E-state index contributed by atoms with van der Waals surface area (Å²) in [6.07, 6.45) is 0. The summed E-state index contributed by atoms with van der Waals surface area (Å²) in [7, 11) is 0. The third-order valence-electron chi connectivity index (χ3n) is 12.5. The van der Waals surface area contributed by atoms with Gasteiger partial charge >= 0.3 is 0 Å². The van der Waals surface area contributed by atoms with Gasteiger partial charge < -0.3 is 13.7 Å². The molecule has 0 amide bonds. The summed E-state index contributed by atoms with van der Waals surface area (Å²) in [5, 5.41) is 33.7. The largest absolute Gasteiger partial charge is 0.309 e. The van der Waals surface area contributed by atoms with Crippen LogP contribution < -0.4 is 0 Å². The number of hydrogen-bond donors (Lipinski definition) is 0. The van der Waals surface area contributed by atoms with Gasteiger partial charge in [0.2, 0.25) is 0 Å². The molecule has 0 aliphatic rings. The van der Waals surface area contributed by atoms with E-state index < -0.39 is 0 Å². The molecule has 4 heterocycles. The first kappa shape index (κ1) is 32.9. The van der Waals surface area contributed by atoms with Crippen molar-refractivity contribution in [1.29, 1.82) is 10.5 Å². The molecule has 0 radical (unpaired) electrons. The first-order valence-corrected chi connectivity index (χ1v) is 20.8. The Balaban J connectivity index is 1.10. The van der Waals surface area contributed by atoms with E-state index in [4.69, 9.17) is 0 Å². The van der Waals surface area contributed by atoms with Gasteiger partial charge in [-0.15, -0.1) is 11.3 Å². The Kier molecular flexibility index (Phi) is 6.67. The highest BCUT2D eigenvalue weighted by atomic mass is 32.1. The van der Waals surface area contributed by atoms with E-state index in [1.807, 2.05) is 18.2 Å². The van der Waals surface area contributed by atoms with Gasteiger partial charge in [-0.05, 0) is 83.6 Å². The molecule has 6 heteroatoms. The van der Waals surface area contributed by atoms with Crippen molar-refractivity contribution in [2.45, 2.75) is 0 Å². The monoisotopic (exact) mass is 779 g/mol. The van der Waals surface area contributed by atoms with Crippen LogP contribution in [0.5, 0.6) is 0 Å². The minimum atomic E-state index is 0.482. The Morgan fingerprint density at radius 1 is 0.350 bits per heavy atom. The molecule has 0 atom stereocenters. The molecule has 0 aliphatic carbocycles. The summed E-state index contributed by atoms with van der Waals surface area (Å²) in [5.41, 5.74) is 9.59. The molecule has 5 nitrogen and oxygen atoms in total. The second-order valence-corrected chi connectivity index (χ2v) is 16.6. The van der Waals surface area contributed by atoms with Gasteiger partial charge in [0, 0.05) is 58.2 Å². The van der Waals surface area contributed by atoms with Crippen LogP contribution in [0.3, 0.4) is 0 Å². The normalized spacial score (nSPS) is 12.0. The van der Waals surface area contributed by atoms with Crippen LogP contribution in [0.2, 0.25) is 0 Å². The van der Waals surface area contributed by atoms with Crippen LogP contribution in [0.1, 0.15) is 11.1 Å². The van der Waals surface area contributed by atoms with Crippen LogP contribution in [0.15, 0.2) is 176 Å². The zero-order chi connectivity index (χ0) is 39.6. The van der Waals surface area contributed by atoms with E-state index in [9.17, 15) is 10.5 Å². The summed E-state index contributed by atoms with van der Waals surface area (Å²) in [6.45, 7) is 0. The van der Waals surface area contributed by atoms with E-state index in [-0.39, 0.29) is 0 Å². The molecule has 0 bridgehead atoms. The number of fused-ring (bicyclic) bond motifs is 15. The average Bonchev–Trinajstić information content (AvgIpc) is 4.04. The summed E-state index contributed by atoms with van der Waals surface area (Å²) in [4.78, 5) is 0. The van der Waals surface area contributed by atoms with Crippen molar-refractivity contribution >= 4 is 108 Å². The highest BCUT2D eigenvalue weighted by Crippen LogP contribution is 2.45. The van der Waals surface area contributed by atoms with E-state index >= 15 is 0 Å². The molecule has 0 unspecified atom stereocenters. The quantitative estimate of drug-likeness (QED) is 0.179. The molecule has 0 aliphatic heterocycles. The molecule has 13 aromatic rings. The highest BCUT2D eigenvalue weighted by Gasteiger charge is 2.24. The Bertz CT molecular complexity index is 4050. The number of thiophene rings is 1. The SMILES string of the molecule is N#Cc1cc(-n2c3ccccc3c3c4c(ccc32)sc2ccccc24)c(C#N)cc1-n1c2ccc(-n3c4ccccc4c4ccccc43)cc2c2c3ccccc3ccc21.